The molecule has 29 heavy (non-hydrogen) atoms. The number of hydrogen-bond acceptors (Lipinski definition) is 5. The number of ether oxygens (including phenoxy) is 1. The lowest BCUT2D eigenvalue weighted by Gasteiger charge is -2.28. The maximum Gasteiger partial charge on any atom is 0.375 e. The molecule has 1 N–H and O–H groups in total. The summed E-state index contributed by atoms with van der Waals surface area (Å²) in [6.07, 6.45) is -1.07. The number of rotatable bonds is 5. The molecule has 6 nitrogen and oxygen atoms in total. The van der Waals surface area contributed by atoms with Gasteiger partial charge in [0.25, 0.3) is 5.91 Å². The van der Waals surface area contributed by atoms with Gasteiger partial charge in [-0.3, -0.25) is 4.79 Å². The van der Waals surface area contributed by atoms with E-state index < -0.39 is 23.5 Å². The van der Waals surface area contributed by atoms with Gasteiger partial charge in [0.1, 0.15) is 11.1 Å². The molecule has 0 saturated heterocycles. The third-order valence-electron chi connectivity index (χ3n) is 5.44. The van der Waals surface area contributed by atoms with Gasteiger partial charge in [-0.25, -0.2) is 4.79 Å². The van der Waals surface area contributed by atoms with Crippen molar-refractivity contribution in [1.29, 1.82) is 5.26 Å². The molecule has 3 rings (SSSR count). The van der Waals surface area contributed by atoms with Gasteiger partial charge >= 0.3 is 5.97 Å². The Hall–Kier alpha value is -3.33. The minimum atomic E-state index is -1.07. The highest BCUT2D eigenvalue weighted by Crippen LogP contribution is 2.32. The van der Waals surface area contributed by atoms with Crippen LogP contribution in [0.4, 0.5) is 0 Å². The zero-order valence-electron chi connectivity index (χ0n) is 17.2. The van der Waals surface area contributed by atoms with E-state index in [1.54, 1.807) is 13.8 Å². The first-order valence-corrected chi connectivity index (χ1v) is 9.53. The molecule has 150 valence electrons. The fourth-order valence-corrected chi connectivity index (χ4v) is 3.07. The van der Waals surface area contributed by atoms with Crippen molar-refractivity contribution in [3.63, 3.8) is 0 Å². The monoisotopic (exact) mass is 392 g/mol. The molecule has 1 heterocycles. The number of carbonyl (C=O) groups excluding carboxylic acids is 2. The van der Waals surface area contributed by atoms with Crippen LogP contribution in [0.1, 0.15) is 43.8 Å². The number of furan rings is 1. The van der Waals surface area contributed by atoms with Gasteiger partial charge in [-0.05, 0) is 32.1 Å². The number of benzene rings is 2. The summed E-state index contributed by atoms with van der Waals surface area (Å²) in [7, 11) is 0. The van der Waals surface area contributed by atoms with E-state index in [0.717, 1.165) is 16.2 Å². The fourth-order valence-electron chi connectivity index (χ4n) is 3.07. The first-order chi connectivity index (χ1) is 13.7. The molecule has 0 aliphatic heterocycles. The molecule has 0 unspecified atom stereocenters. The van der Waals surface area contributed by atoms with Crippen LogP contribution in [0.5, 0.6) is 0 Å². The number of nitrogens with one attached hydrogen (secondary N) is 1. The molecule has 3 aromatic rings. The second-order valence-corrected chi connectivity index (χ2v) is 7.73. The van der Waals surface area contributed by atoms with Crippen LogP contribution in [0, 0.1) is 24.2 Å². The predicted octanol–water partition coefficient (Wildman–Crippen LogP) is 4.49. The first kappa shape index (κ1) is 20.4. The van der Waals surface area contributed by atoms with Crippen molar-refractivity contribution >= 4 is 33.6 Å². The lowest BCUT2D eigenvalue weighted by atomic mass is 9.90. The second kappa shape index (κ2) is 7.59. The Bertz CT molecular complexity index is 1140. The van der Waals surface area contributed by atoms with Crippen molar-refractivity contribution in [2.24, 2.45) is 5.92 Å². The van der Waals surface area contributed by atoms with Gasteiger partial charge in [0.05, 0.1) is 6.07 Å². The van der Waals surface area contributed by atoms with E-state index >= 15 is 0 Å². The van der Waals surface area contributed by atoms with E-state index in [4.69, 9.17) is 9.15 Å². The largest absolute Gasteiger partial charge is 0.448 e. The molecular formula is C23H24N2O4. The Morgan fingerprint density at radius 1 is 1.14 bits per heavy atom. The van der Waals surface area contributed by atoms with Crippen molar-refractivity contribution in [1.82, 2.24) is 5.32 Å². The van der Waals surface area contributed by atoms with Gasteiger partial charge in [0.15, 0.2) is 6.10 Å². The fraction of sp³-hybridized carbons (Fsp3) is 0.348. The third kappa shape index (κ3) is 3.68. The number of carbonyl (C=O) groups is 2. The summed E-state index contributed by atoms with van der Waals surface area (Å²) in [4.78, 5) is 25.1. The minimum Gasteiger partial charge on any atom is -0.448 e. The highest BCUT2D eigenvalue weighted by Gasteiger charge is 2.33. The molecule has 0 saturated carbocycles. The molecule has 0 radical (unpaired) electrons. The Balaban J connectivity index is 1.85. The Morgan fingerprint density at radius 3 is 2.48 bits per heavy atom. The number of esters is 1. The Labute approximate surface area is 169 Å². The first-order valence-electron chi connectivity index (χ1n) is 9.53. The summed E-state index contributed by atoms with van der Waals surface area (Å²) < 4.78 is 11.2. The number of fused-ring (bicyclic) bond motifs is 3. The van der Waals surface area contributed by atoms with Crippen LogP contribution < -0.4 is 5.32 Å². The normalized spacial score (nSPS) is 14.4. The van der Waals surface area contributed by atoms with Crippen LogP contribution in [0.15, 0.2) is 40.8 Å². The van der Waals surface area contributed by atoms with Gasteiger partial charge in [-0.2, -0.15) is 5.26 Å². The summed E-state index contributed by atoms with van der Waals surface area (Å²) in [5.74, 6) is -1.28. The Morgan fingerprint density at radius 2 is 1.83 bits per heavy atom. The lowest BCUT2D eigenvalue weighted by molar-refractivity contribution is -0.130. The quantitative estimate of drug-likeness (QED) is 0.646. The number of amides is 1. The Kier molecular flexibility index (Phi) is 5.34. The van der Waals surface area contributed by atoms with Gasteiger partial charge in [-0.1, -0.05) is 50.2 Å². The molecule has 0 spiro atoms. The van der Waals surface area contributed by atoms with Crippen molar-refractivity contribution in [2.75, 3.05) is 0 Å². The summed E-state index contributed by atoms with van der Waals surface area (Å²) >= 11 is 0. The van der Waals surface area contributed by atoms with E-state index in [2.05, 4.69) is 11.4 Å². The van der Waals surface area contributed by atoms with E-state index in [1.807, 2.05) is 50.2 Å². The van der Waals surface area contributed by atoms with E-state index in [1.165, 1.54) is 6.92 Å². The molecule has 1 amide bonds. The predicted molar refractivity (Wildman–Crippen MR) is 110 cm³/mol. The van der Waals surface area contributed by atoms with Crippen LogP contribution >= 0.6 is 0 Å². The zero-order valence-corrected chi connectivity index (χ0v) is 17.2. The average Bonchev–Trinajstić information content (AvgIpc) is 3.04. The molecule has 0 bridgehead atoms. The smallest absolute Gasteiger partial charge is 0.375 e. The maximum atomic E-state index is 12.7. The van der Waals surface area contributed by atoms with Crippen molar-refractivity contribution in [3.8, 4) is 6.07 Å². The minimum absolute atomic E-state index is 0.0721. The number of hydrogen-bond donors (Lipinski definition) is 1. The molecule has 0 fully saturated rings. The number of nitriles is 1. The van der Waals surface area contributed by atoms with Gasteiger partial charge in [-0.15, -0.1) is 0 Å². The van der Waals surface area contributed by atoms with Crippen molar-refractivity contribution in [3.05, 3.63) is 47.7 Å². The highest BCUT2D eigenvalue weighted by molar-refractivity contribution is 6.08. The van der Waals surface area contributed by atoms with E-state index in [9.17, 15) is 14.9 Å². The molecule has 2 aromatic carbocycles. The zero-order chi connectivity index (χ0) is 21.3. The standard InChI is InChI=1S/C23H24N2O4/c1-13(2)23(5,12-24)25-21(26)15(4)28-22(27)19-14(3)17-11-10-16-8-6-7-9-18(16)20(17)29-19/h6-11,13,15H,1-5H3,(H,25,26)/t15-,23-/m0/s1. The number of aryl methyl sites for hydroxylation is 1. The SMILES string of the molecule is Cc1c(C(=O)O[C@@H](C)C(=O)N[C@@](C)(C#N)C(C)C)oc2c1ccc1ccccc12. The second-order valence-electron chi connectivity index (χ2n) is 7.73. The van der Waals surface area contributed by atoms with Crippen molar-refractivity contribution < 1.29 is 18.7 Å². The topological polar surface area (TPSA) is 92.3 Å². The van der Waals surface area contributed by atoms with Crippen LogP contribution in [-0.2, 0) is 9.53 Å². The third-order valence-corrected chi connectivity index (χ3v) is 5.44. The van der Waals surface area contributed by atoms with E-state index in [-0.39, 0.29) is 11.7 Å². The molecule has 6 heteroatoms. The number of nitrogens with zero attached hydrogens (tertiary/aromatic N) is 1. The summed E-state index contributed by atoms with van der Waals surface area (Å²) in [6, 6.07) is 13.7. The summed E-state index contributed by atoms with van der Waals surface area (Å²) in [5, 5.41) is 14.8. The molecular weight excluding hydrogens is 368 g/mol. The summed E-state index contributed by atoms with van der Waals surface area (Å²) in [6.45, 7) is 8.56. The van der Waals surface area contributed by atoms with Crippen molar-refractivity contribution in [2.45, 2.75) is 46.3 Å². The van der Waals surface area contributed by atoms with Crippen LogP contribution in [0.2, 0.25) is 0 Å². The van der Waals surface area contributed by atoms with Gasteiger partial charge in [0.2, 0.25) is 5.76 Å². The molecule has 0 aliphatic carbocycles. The van der Waals surface area contributed by atoms with Crippen LogP contribution in [0.25, 0.3) is 21.7 Å². The summed E-state index contributed by atoms with van der Waals surface area (Å²) in [5.41, 5.74) is 0.222. The average molecular weight is 392 g/mol. The molecule has 0 aliphatic rings. The maximum absolute atomic E-state index is 12.7. The van der Waals surface area contributed by atoms with Crippen LogP contribution in [-0.4, -0.2) is 23.5 Å². The highest BCUT2D eigenvalue weighted by atomic mass is 16.6. The lowest BCUT2D eigenvalue weighted by Crippen LogP contribution is -2.52. The van der Waals surface area contributed by atoms with E-state index in [0.29, 0.717) is 11.1 Å². The van der Waals surface area contributed by atoms with Gasteiger partial charge < -0.3 is 14.5 Å². The van der Waals surface area contributed by atoms with Crippen LogP contribution in [0.3, 0.4) is 0 Å². The molecule has 2 atom stereocenters. The molecule has 1 aromatic heterocycles. The van der Waals surface area contributed by atoms with Gasteiger partial charge in [0, 0.05) is 16.3 Å².